The van der Waals surface area contributed by atoms with Crippen molar-refractivity contribution in [1.82, 2.24) is 73.8 Å². The third kappa shape index (κ3) is 38.6. The Balaban J connectivity index is 0.000000424. The number of nitrogens with zero attached hydrogens (tertiary/aromatic N) is 2. The number of nitrogens with two attached hydrogens (primary N) is 2. The van der Waals surface area contributed by atoms with Gasteiger partial charge < -0.3 is 126 Å². The number of hydrogen-bond acceptors (Lipinski definition) is 26. The molecule has 48 nitrogen and oxygen atoms in total. The standard InChI is InChI=1S/C48H55N9O16.C41H50N8O15/c49-57-38-17-14-31(25-51-38)42(64)53-33(15-18-39(59)60)37(58)23-32(45(67)68)43(65)52-24-26-8-12-29(13-9-26)41(63)54-36(22-27-10-11-28-5-1-2-6-30(28)21-27)44(66)50-20-4-3-7-34(46(69)70)55-48(73)56-35(47(71)72)16-19-40(61)62;42-20-26-11-10-25(21-44-26)35(56)45-27(12-14-32(50)51)37(58)47-31(19-34(54)55)38(59)46-30(18-22-8-9-23-5-1-2-6-24(23)17-22)36(57)43-16-4-3-7-28(39(60)61)48-41(64)49-29(40(62)63)13-15-33(52)53/h1-2,5-6,8-14,17,21,25,32-36H,3-4,7,15-16,18-20,22-24,49H2,(H,50,66)(H,51,57)(H,52,65)(H,53,64)(H,54,63)(H,59,60)(H,61,62)(H,67,68)(H,69,70)(H,71,72)(H2,55,56,73);1-2,5-6,8-11,17,21,27-31H,3-4,7,12-16,18-20,42H2,(H,43,57)(H,45,56)(H,46,59)(H,47,58)(H,50,51)(H,52,53)(H,54,55)(H,60,61)(H,62,63)(H2,48,49,64). The molecule has 0 saturated carbocycles. The molecule has 0 aliphatic heterocycles. The van der Waals surface area contributed by atoms with Gasteiger partial charge in [0.15, 0.2) is 5.78 Å². The van der Waals surface area contributed by atoms with Crippen molar-refractivity contribution >= 4 is 152 Å². The number of carboxylic acids is 10. The van der Waals surface area contributed by atoms with Crippen LogP contribution < -0.4 is 80.8 Å². The summed E-state index contributed by atoms with van der Waals surface area (Å²) in [6.45, 7) is -0.220. The minimum Gasteiger partial charge on any atom is -0.481 e. The summed E-state index contributed by atoms with van der Waals surface area (Å²) in [7, 11) is 0. The first-order valence-corrected chi connectivity index (χ1v) is 42.5. The zero-order chi connectivity index (χ0) is 101. The molecule has 27 N–H and O–H groups in total. The first kappa shape index (κ1) is 109. The summed E-state index contributed by atoms with van der Waals surface area (Å²) in [5.74, 6) is -18.5. The van der Waals surface area contributed by atoms with Crippen LogP contribution in [0.25, 0.3) is 21.5 Å². The molecule has 48 heteroatoms. The molecule has 0 radical (unpaired) electrons. The normalized spacial score (nSPS) is 13.0. The highest BCUT2D eigenvalue weighted by molar-refractivity contribution is 6.05. The minimum atomic E-state index is -1.93. The fourth-order valence-corrected chi connectivity index (χ4v) is 13.3. The van der Waals surface area contributed by atoms with E-state index in [0.717, 1.165) is 27.7 Å². The smallest absolute Gasteiger partial charge is 0.326 e. The molecule has 12 amide bonds. The van der Waals surface area contributed by atoms with Crippen LogP contribution in [0.5, 0.6) is 0 Å². The van der Waals surface area contributed by atoms with E-state index in [4.69, 9.17) is 21.8 Å². The molecule has 10 unspecified atom stereocenters. The fourth-order valence-electron chi connectivity index (χ4n) is 13.3. The molecule has 0 fully saturated rings. The SMILES string of the molecule is NCc1ccc(C(=O)NC(CCC(=O)O)C(=O)NC(CC(=O)O)C(=O)NC(Cc2ccc3ccccc3c2)C(=O)NCCCCC(NC(=O)NC(CCC(=O)O)C(=O)O)C(=O)O)cn1.NNc1ccc(C(=O)NC(CCC(=O)O)C(=O)CC(C(=O)O)C(=O)NCc2ccc(C(=O)NC(Cc3ccc4ccccc4c3)C(=O)NCCCCC(NC(=O)NC(CCC(=O)O)C(=O)O)C(=O)O)cc2)cn1. The minimum absolute atomic E-state index is 0.00383. The third-order valence-electron chi connectivity index (χ3n) is 20.7. The number of amides is 12. The number of ketones is 1. The average molecular weight is 1910 g/mol. The number of Topliss-reactive ketones (excluding diaryl/α,β-unsaturated/α-hetero) is 1. The summed E-state index contributed by atoms with van der Waals surface area (Å²) in [5, 5.41) is 125. The Labute approximate surface area is 778 Å². The van der Waals surface area contributed by atoms with Gasteiger partial charge in [-0.05, 0) is 139 Å². The zero-order valence-electron chi connectivity index (χ0n) is 73.3. The van der Waals surface area contributed by atoms with Crippen LogP contribution in [0.4, 0.5) is 15.4 Å². The zero-order valence-corrected chi connectivity index (χ0v) is 73.3. The van der Waals surface area contributed by atoms with Gasteiger partial charge in [0.1, 0.15) is 60.1 Å². The Hall–Kier alpha value is -16.7. The molecular weight excluding hydrogens is 1800 g/mol. The number of carbonyl (C=O) groups excluding carboxylic acids is 11. The quantitative estimate of drug-likeness (QED) is 0.0109. The number of anilines is 1. The van der Waals surface area contributed by atoms with Gasteiger partial charge in [0, 0.05) is 89.1 Å². The van der Waals surface area contributed by atoms with Crippen molar-refractivity contribution < 1.29 is 152 Å². The molecule has 2 heterocycles. The number of rotatable bonds is 57. The van der Waals surface area contributed by atoms with E-state index in [1.54, 1.807) is 30.3 Å². The van der Waals surface area contributed by atoms with E-state index >= 15 is 0 Å². The summed E-state index contributed by atoms with van der Waals surface area (Å²) in [6, 6.07) is 21.1. The van der Waals surface area contributed by atoms with Crippen LogP contribution in [-0.2, 0) is 103 Å². The monoisotopic (exact) mass is 1910 g/mol. The number of pyridine rings is 2. The number of nitrogen functional groups attached to an aromatic ring is 1. The van der Waals surface area contributed by atoms with Crippen molar-refractivity contribution in [3.05, 3.63) is 185 Å². The highest BCUT2D eigenvalue weighted by atomic mass is 16.4. The second-order valence-electron chi connectivity index (χ2n) is 31.0. The van der Waals surface area contributed by atoms with Gasteiger partial charge in [0.05, 0.1) is 29.3 Å². The number of aliphatic carboxylic acids is 10. The van der Waals surface area contributed by atoms with Gasteiger partial charge in [-0.2, -0.15) is 0 Å². The Morgan fingerprint density at radius 3 is 1.10 bits per heavy atom. The maximum Gasteiger partial charge on any atom is 0.326 e. The number of hydrazine groups is 1. The number of carboxylic acid groups (broad SMARTS) is 10. The molecule has 10 atom stereocenters. The topological polar surface area (TPSA) is 795 Å². The van der Waals surface area contributed by atoms with Gasteiger partial charge in [-0.1, -0.05) is 97.1 Å². The number of fused-ring (bicyclic) bond motifs is 2. The first-order chi connectivity index (χ1) is 65.1. The van der Waals surface area contributed by atoms with Crippen molar-refractivity contribution in [3.63, 3.8) is 0 Å². The van der Waals surface area contributed by atoms with E-state index in [1.807, 2.05) is 65.2 Å². The number of carbonyl (C=O) groups is 21. The first-order valence-electron chi connectivity index (χ1n) is 42.5. The highest BCUT2D eigenvalue weighted by Gasteiger charge is 2.36. The van der Waals surface area contributed by atoms with E-state index in [0.29, 0.717) is 22.4 Å². The average Bonchev–Trinajstić information content (AvgIpc) is 0.835. The van der Waals surface area contributed by atoms with Crippen LogP contribution in [-0.4, -0.2) is 253 Å². The number of aromatic nitrogens is 2. The lowest BCUT2D eigenvalue weighted by molar-refractivity contribution is -0.150. The Morgan fingerprint density at radius 1 is 0.314 bits per heavy atom. The predicted molar refractivity (Wildman–Crippen MR) is 479 cm³/mol. The largest absolute Gasteiger partial charge is 0.481 e. The lowest BCUT2D eigenvalue weighted by Crippen LogP contribution is -2.57. The maximum absolute atomic E-state index is 13.8. The van der Waals surface area contributed by atoms with E-state index < -0.39 is 249 Å². The Kier molecular flexibility index (Phi) is 44.3. The van der Waals surface area contributed by atoms with Crippen molar-refractivity contribution in [3.8, 4) is 0 Å². The van der Waals surface area contributed by atoms with Gasteiger partial charge in [0.25, 0.3) is 17.7 Å². The van der Waals surface area contributed by atoms with E-state index in [2.05, 4.69) is 68.6 Å². The van der Waals surface area contributed by atoms with Gasteiger partial charge in [-0.25, -0.2) is 39.6 Å². The number of unbranched alkanes of at least 4 members (excludes halogenated alkanes) is 2. The summed E-state index contributed by atoms with van der Waals surface area (Å²) >= 11 is 0. The van der Waals surface area contributed by atoms with E-state index in [9.17, 15) is 142 Å². The second-order valence-corrected chi connectivity index (χ2v) is 31.0. The molecule has 0 aliphatic rings. The number of hydrogen-bond donors (Lipinski definition) is 25. The van der Waals surface area contributed by atoms with Crippen LogP contribution in [0, 0.1) is 5.92 Å². The molecule has 0 saturated heterocycles. The lowest BCUT2D eigenvalue weighted by atomic mass is 9.95. The van der Waals surface area contributed by atoms with Crippen molar-refractivity contribution in [2.45, 2.75) is 183 Å². The highest BCUT2D eigenvalue weighted by Crippen LogP contribution is 2.22. The molecule has 2 aromatic heterocycles. The fraction of sp³-hybridized carbons (Fsp3) is 0.360. The number of urea groups is 2. The predicted octanol–water partition coefficient (Wildman–Crippen LogP) is 0.859. The summed E-state index contributed by atoms with van der Waals surface area (Å²) in [6.07, 6.45) is -3.33. The van der Waals surface area contributed by atoms with E-state index in [1.165, 1.54) is 54.7 Å². The van der Waals surface area contributed by atoms with E-state index in [-0.39, 0.29) is 100 Å². The van der Waals surface area contributed by atoms with Crippen LogP contribution in [0.2, 0.25) is 0 Å². The number of benzene rings is 5. The lowest BCUT2D eigenvalue weighted by Gasteiger charge is -2.25. The summed E-state index contributed by atoms with van der Waals surface area (Å²) in [4.78, 5) is 268. The van der Waals surface area contributed by atoms with Crippen LogP contribution >= 0.6 is 0 Å². The molecule has 0 aliphatic carbocycles. The molecule has 0 spiro atoms. The number of nitrogens with one attached hydrogen (secondary N) is 13. The van der Waals surface area contributed by atoms with Gasteiger partial charge in [-0.15, -0.1) is 0 Å². The maximum atomic E-state index is 13.8. The molecule has 7 rings (SSSR count). The molecule has 0 bridgehead atoms. The van der Waals surface area contributed by atoms with Crippen LogP contribution in [0.15, 0.2) is 146 Å². The molecule has 7 aromatic rings. The molecule has 5 aromatic carbocycles. The molecule has 732 valence electrons. The second kappa shape index (κ2) is 55.6. The van der Waals surface area contributed by atoms with Crippen molar-refractivity contribution in [1.29, 1.82) is 0 Å². The van der Waals surface area contributed by atoms with Gasteiger partial charge in [0.2, 0.25) is 29.5 Å². The van der Waals surface area contributed by atoms with Crippen molar-refractivity contribution in [2.24, 2.45) is 17.5 Å². The van der Waals surface area contributed by atoms with Gasteiger partial charge in [-0.3, -0.25) is 76.9 Å². The van der Waals surface area contributed by atoms with Gasteiger partial charge >= 0.3 is 71.8 Å². The summed E-state index contributed by atoms with van der Waals surface area (Å²) in [5.41, 5.74) is 10.1. The Bertz CT molecular complexity index is 5510. The summed E-state index contributed by atoms with van der Waals surface area (Å²) < 4.78 is 0. The molecular formula is C89H105N17O31. The van der Waals surface area contributed by atoms with Crippen molar-refractivity contribution in [2.75, 3.05) is 18.5 Å². The third-order valence-corrected chi connectivity index (χ3v) is 20.7. The van der Waals surface area contributed by atoms with Crippen LogP contribution in [0.1, 0.15) is 156 Å². The Morgan fingerprint density at radius 2 is 0.693 bits per heavy atom. The van der Waals surface area contributed by atoms with Crippen LogP contribution in [0.3, 0.4) is 0 Å². The molecule has 137 heavy (non-hydrogen) atoms.